The van der Waals surface area contributed by atoms with E-state index in [0.29, 0.717) is 12.2 Å². The quantitative estimate of drug-likeness (QED) is 0.717. The predicted octanol–water partition coefficient (Wildman–Crippen LogP) is 3.58. The molecule has 0 saturated heterocycles. The Labute approximate surface area is 103 Å². The van der Waals surface area contributed by atoms with Gasteiger partial charge in [0.25, 0.3) is 0 Å². The molecule has 1 aliphatic carbocycles. The highest BCUT2D eigenvalue weighted by molar-refractivity contribution is 5.90. The van der Waals surface area contributed by atoms with E-state index < -0.39 is 0 Å². The minimum absolute atomic E-state index is 0.287. The van der Waals surface area contributed by atoms with E-state index in [0.717, 1.165) is 31.2 Å². The molecule has 1 heteroatoms. The van der Waals surface area contributed by atoms with Crippen LogP contribution < -0.4 is 0 Å². The van der Waals surface area contributed by atoms with E-state index in [4.69, 9.17) is 0 Å². The highest BCUT2D eigenvalue weighted by atomic mass is 16.1. The van der Waals surface area contributed by atoms with Gasteiger partial charge in [0.2, 0.25) is 0 Å². The van der Waals surface area contributed by atoms with E-state index in [1.807, 2.05) is 30.3 Å². The topological polar surface area (TPSA) is 17.1 Å². The molecule has 0 atom stereocenters. The monoisotopic (exact) mass is 226 g/mol. The van der Waals surface area contributed by atoms with Gasteiger partial charge in [0.15, 0.2) is 5.78 Å². The molecule has 1 nitrogen and oxygen atoms in total. The van der Waals surface area contributed by atoms with Gasteiger partial charge in [-0.3, -0.25) is 4.79 Å². The number of carbonyl (C=O) groups excluding carboxylic acids is 1. The van der Waals surface area contributed by atoms with Crippen LogP contribution in [0.15, 0.2) is 30.3 Å². The van der Waals surface area contributed by atoms with Crippen LogP contribution in [0.4, 0.5) is 0 Å². The summed E-state index contributed by atoms with van der Waals surface area (Å²) in [5.41, 5.74) is 0.715. The van der Waals surface area contributed by atoms with Gasteiger partial charge >= 0.3 is 0 Å². The van der Waals surface area contributed by atoms with Crippen molar-refractivity contribution in [2.45, 2.75) is 39.0 Å². The summed E-state index contributed by atoms with van der Waals surface area (Å²) < 4.78 is 0. The van der Waals surface area contributed by atoms with Gasteiger partial charge in [-0.25, -0.2) is 0 Å². The summed E-state index contributed by atoms with van der Waals surface area (Å²) in [4.78, 5) is 12.0. The fraction of sp³-hybridized carbons (Fsp3) is 0.438. The average Bonchev–Trinajstić information content (AvgIpc) is 3.16. The molecule has 1 aromatic rings. The van der Waals surface area contributed by atoms with Crippen molar-refractivity contribution in [2.75, 3.05) is 0 Å². The highest BCUT2D eigenvalue weighted by Crippen LogP contribution is 2.47. The molecule has 1 aliphatic rings. The maximum Gasteiger partial charge on any atom is 0.150 e. The van der Waals surface area contributed by atoms with Crippen molar-refractivity contribution >= 4 is 5.78 Å². The van der Waals surface area contributed by atoms with Gasteiger partial charge in [-0.05, 0) is 31.4 Å². The molecule has 0 bridgehead atoms. The van der Waals surface area contributed by atoms with Gasteiger partial charge in [-0.1, -0.05) is 43.4 Å². The molecule has 0 aliphatic heterocycles. The number of carbonyl (C=O) groups is 1. The van der Waals surface area contributed by atoms with Crippen LogP contribution in [0, 0.1) is 17.3 Å². The van der Waals surface area contributed by atoms with Crippen molar-refractivity contribution in [3.63, 3.8) is 0 Å². The Bertz CT molecular complexity index is 443. The summed E-state index contributed by atoms with van der Waals surface area (Å²) in [7, 11) is 0. The Kier molecular flexibility index (Phi) is 3.64. The third kappa shape index (κ3) is 2.97. The zero-order chi connectivity index (χ0) is 12.1. The van der Waals surface area contributed by atoms with Crippen molar-refractivity contribution in [3.05, 3.63) is 35.9 Å². The van der Waals surface area contributed by atoms with E-state index in [-0.39, 0.29) is 5.41 Å². The summed E-state index contributed by atoms with van der Waals surface area (Å²) in [6, 6.07) is 9.90. The van der Waals surface area contributed by atoms with Crippen LogP contribution in [-0.4, -0.2) is 5.78 Å². The van der Waals surface area contributed by atoms with Gasteiger partial charge in [0, 0.05) is 12.0 Å². The molecule has 0 N–H and O–H groups in total. The third-order valence-corrected chi connectivity index (χ3v) is 3.26. The van der Waals surface area contributed by atoms with Crippen LogP contribution in [-0.2, 0) is 4.79 Å². The standard InChI is InChI=1S/C16H18O/c1-2-3-9-15(17)16(12-13-16)11-10-14-7-5-4-6-8-14/h4-8H,2-3,9,12-13H2,1H3. The molecular weight excluding hydrogens is 208 g/mol. The summed E-state index contributed by atoms with van der Waals surface area (Å²) in [5, 5.41) is 0. The number of benzene rings is 1. The summed E-state index contributed by atoms with van der Waals surface area (Å²) in [6.07, 6.45) is 4.67. The van der Waals surface area contributed by atoms with Crippen LogP contribution in [0.5, 0.6) is 0 Å². The molecule has 0 radical (unpaired) electrons. The molecular formula is C16H18O. The lowest BCUT2D eigenvalue weighted by molar-refractivity contribution is -0.122. The van der Waals surface area contributed by atoms with Crippen molar-refractivity contribution in [1.29, 1.82) is 0 Å². The van der Waals surface area contributed by atoms with Crippen LogP contribution in [0.25, 0.3) is 0 Å². The van der Waals surface area contributed by atoms with Gasteiger partial charge < -0.3 is 0 Å². The lowest BCUT2D eigenvalue weighted by atomic mass is 9.97. The van der Waals surface area contributed by atoms with E-state index in [1.165, 1.54) is 0 Å². The number of unbranched alkanes of at least 4 members (excludes halogenated alkanes) is 1. The van der Waals surface area contributed by atoms with Crippen LogP contribution in [0.3, 0.4) is 0 Å². The second kappa shape index (κ2) is 5.19. The summed E-state index contributed by atoms with van der Waals surface area (Å²) >= 11 is 0. The Hall–Kier alpha value is -1.55. The number of hydrogen-bond donors (Lipinski definition) is 0. The highest BCUT2D eigenvalue weighted by Gasteiger charge is 2.47. The molecule has 88 valence electrons. The lowest BCUT2D eigenvalue weighted by Gasteiger charge is -2.05. The fourth-order valence-electron chi connectivity index (χ4n) is 1.89. The molecule has 2 rings (SSSR count). The van der Waals surface area contributed by atoms with E-state index >= 15 is 0 Å². The smallest absolute Gasteiger partial charge is 0.150 e. The first-order chi connectivity index (χ1) is 8.27. The van der Waals surface area contributed by atoms with E-state index in [2.05, 4.69) is 18.8 Å². The SMILES string of the molecule is CCCCC(=O)C1(C#Cc2ccccc2)CC1. The van der Waals surface area contributed by atoms with Crippen LogP contribution >= 0.6 is 0 Å². The molecule has 1 aromatic carbocycles. The molecule has 17 heavy (non-hydrogen) atoms. The number of Topliss-reactive ketones (excluding diaryl/α,β-unsaturated/α-hetero) is 1. The molecule has 0 unspecified atom stereocenters. The number of hydrogen-bond acceptors (Lipinski definition) is 1. The Morgan fingerprint density at radius 1 is 1.29 bits per heavy atom. The second-order valence-corrected chi connectivity index (χ2v) is 4.72. The minimum atomic E-state index is -0.287. The maximum atomic E-state index is 12.0. The predicted molar refractivity (Wildman–Crippen MR) is 69.5 cm³/mol. The summed E-state index contributed by atoms with van der Waals surface area (Å²) in [5.74, 6) is 6.68. The van der Waals surface area contributed by atoms with Crippen molar-refractivity contribution in [3.8, 4) is 11.8 Å². The molecule has 0 spiro atoms. The van der Waals surface area contributed by atoms with Gasteiger partial charge in [0.1, 0.15) is 0 Å². The fourth-order valence-corrected chi connectivity index (χ4v) is 1.89. The lowest BCUT2D eigenvalue weighted by Crippen LogP contribution is -2.13. The minimum Gasteiger partial charge on any atom is -0.298 e. The second-order valence-electron chi connectivity index (χ2n) is 4.72. The zero-order valence-corrected chi connectivity index (χ0v) is 10.3. The number of ketones is 1. The molecule has 1 saturated carbocycles. The third-order valence-electron chi connectivity index (χ3n) is 3.26. The van der Waals surface area contributed by atoms with Gasteiger partial charge in [0.05, 0.1) is 5.41 Å². The first-order valence-electron chi connectivity index (χ1n) is 6.38. The molecule has 0 heterocycles. The van der Waals surface area contributed by atoms with Gasteiger partial charge in [-0.2, -0.15) is 0 Å². The summed E-state index contributed by atoms with van der Waals surface area (Å²) in [6.45, 7) is 2.11. The Morgan fingerprint density at radius 3 is 2.59 bits per heavy atom. The van der Waals surface area contributed by atoms with Crippen molar-refractivity contribution in [2.24, 2.45) is 5.41 Å². The normalized spacial score (nSPS) is 15.8. The zero-order valence-electron chi connectivity index (χ0n) is 10.3. The van der Waals surface area contributed by atoms with Gasteiger partial charge in [-0.15, -0.1) is 0 Å². The largest absolute Gasteiger partial charge is 0.298 e. The molecule has 0 amide bonds. The Balaban J connectivity index is 2.03. The first-order valence-corrected chi connectivity index (χ1v) is 6.38. The van der Waals surface area contributed by atoms with Crippen LogP contribution in [0.1, 0.15) is 44.6 Å². The maximum absolute atomic E-state index is 12.0. The average molecular weight is 226 g/mol. The van der Waals surface area contributed by atoms with Crippen LogP contribution in [0.2, 0.25) is 0 Å². The number of rotatable bonds is 4. The molecule has 0 aromatic heterocycles. The van der Waals surface area contributed by atoms with E-state index in [9.17, 15) is 4.79 Å². The van der Waals surface area contributed by atoms with E-state index in [1.54, 1.807) is 0 Å². The van der Waals surface area contributed by atoms with Crippen molar-refractivity contribution < 1.29 is 4.79 Å². The Morgan fingerprint density at radius 2 is 2.00 bits per heavy atom. The van der Waals surface area contributed by atoms with Crippen molar-refractivity contribution in [1.82, 2.24) is 0 Å². The first kappa shape index (κ1) is 11.9. The molecule has 1 fully saturated rings.